The number of carboxylic acid groups (broad SMARTS) is 2. The Balaban J connectivity index is 3.12. The molecule has 1 aromatic rings. The Morgan fingerprint density at radius 2 is 1.95 bits per heavy atom. The molecule has 9 heteroatoms. The van der Waals surface area contributed by atoms with Crippen LogP contribution in [0.3, 0.4) is 0 Å². The molecule has 1 rings (SSSR count). The lowest BCUT2D eigenvalue weighted by atomic mass is 10.2. The average Bonchev–Trinajstić information content (AvgIpc) is 2.30. The molecule has 0 fully saturated rings. The van der Waals surface area contributed by atoms with E-state index in [-0.39, 0.29) is 9.92 Å². The van der Waals surface area contributed by atoms with Crippen molar-refractivity contribution in [2.75, 3.05) is 0 Å². The van der Waals surface area contributed by atoms with Gasteiger partial charge in [-0.15, -0.1) is 0 Å². The molecule has 0 radical (unpaired) electrons. The van der Waals surface area contributed by atoms with Crippen molar-refractivity contribution in [1.29, 1.82) is 0 Å². The standard InChI is InChI=1S/C11H12ClNO6S/c1-6-2-3-7(12)4-9(6)20(18,19)13-8(11(16)17)5-10(14)15/h2-4,8,13H,5H2,1H3,(H,14,15)(H,16,17)/t8-/m1/s1. The minimum atomic E-state index is -4.18. The van der Waals surface area contributed by atoms with Crippen molar-refractivity contribution >= 4 is 33.6 Å². The first kappa shape index (κ1) is 16.4. The molecule has 0 unspecified atom stereocenters. The first-order valence-electron chi connectivity index (χ1n) is 5.36. The minimum absolute atomic E-state index is 0.168. The molecule has 0 spiro atoms. The lowest BCUT2D eigenvalue weighted by Gasteiger charge is -2.14. The van der Waals surface area contributed by atoms with Gasteiger partial charge < -0.3 is 10.2 Å². The molecule has 0 amide bonds. The minimum Gasteiger partial charge on any atom is -0.481 e. The summed E-state index contributed by atoms with van der Waals surface area (Å²) in [7, 11) is -4.18. The number of benzene rings is 1. The number of halogens is 1. The van der Waals surface area contributed by atoms with Gasteiger partial charge in [-0.25, -0.2) is 8.42 Å². The van der Waals surface area contributed by atoms with Crippen LogP contribution in [0.25, 0.3) is 0 Å². The second-order valence-electron chi connectivity index (χ2n) is 4.02. The molecule has 20 heavy (non-hydrogen) atoms. The summed E-state index contributed by atoms with van der Waals surface area (Å²) in [6, 6.07) is 2.36. The van der Waals surface area contributed by atoms with Crippen molar-refractivity contribution in [1.82, 2.24) is 4.72 Å². The summed E-state index contributed by atoms with van der Waals surface area (Å²) < 4.78 is 26.0. The first-order chi connectivity index (χ1) is 9.13. The van der Waals surface area contributed by atoms with Crippen molar-refractivity contribution in [2.24, 2.45) is 0 Å². The number of hydrogen-bond donors (Lipinski definition) is 3. The smallest absolute Gasteiger partial charge is 0.322 e. The number of nitrogens with one attached hydrogen (secondary N) is 1. The van der Waals surface area contributed by atoms with Crippen molar-refractivity contribution < 1.29 is 28.2 Å². The normalized spacial score (nSPS) is 12.9. The number of rotatable bonds is 6. The van der Waals surface area contributed by atoms with Gasteiger partial charge in [-0.05, 0) is 24.6 Å². The van der Waals surface area contributed by atoms with Gasteiger partial charge in [0.2, 0.25) is 10.0 Å². The third-order valence-electron chi connectivity index (χ3n) is 2.41. The van der Waals surface area contributed by atoms with Crippen LogP contribution in [-0.2, 0) is 19.6 Å². The lowest BCUT2D eigenvalue weighted by Crippen LogP contribution is -2.42. The Labute approximate surface area is 120 Å². The Hall–Kier alpha value is -1.64. The molecule has 0 saturated carbocycles. The van der Waals surface area contributed by atoms with Gasteiger partial charge in [0.1, 0.15) is 6.04 Å². The average molecular weight is 322 g/mol. The fraction of sp³-hybridized carbons (Fsp3) is 0.273. The van der Waals surface area contributed by atoms with Crippen LogP contribution in [0.2, 0.25) is 5.02 Å². The van der Waals surface area contributed by atoms with E-state index in [2.05, 4.69) is 0 Å². The molecule has 3 N–H and O–H groups in total. The molecule has 0 bridgehead atoms. The van der Waals surface area contributed by atoms with Crippen LogP contribution in [0.1, 0.15) is 12.0 Å². The van der Waals surface area contributed by atoms with Gasteiger partial charge in [0.05, 0.1) is 11.3 Å². The van der Waals surface area contributed by atoms with Crippen LogP contribution in [0.4, 0.5) is 0 Å². The number of hydrogen-bond acceptors (Lipinski definition) is 4. The Morgan fingerprint density at radius 1 is 1.35 bits per heavy atom. The zero-order valence-electron chi connectivity index (χ0n) is 10.3. The molecule has 0 heterocycles. The molecule has 0 aliphatic carbocycles. The zero-order valence-corrected chi connectivity index (χ0v) is 11.9. The highest BCUT2D eigenvalue weighted by Crippen LogP contribution is 2.20. The Kier molecular flexibility index (Phi) is 5.09. The SMILES string of the molecule is Cc1ccc(Cl)cc1S(=O)(=O)N[C@H](CC(=O)O)C(=O)O. The number of aryl methyl sites for hydroxylation is 1. The summed E-state index contributed by atoms with van der Waals surface area (Å²) >= 11 is 5.70. The van der Waals surface area contributed by atoms with E-state index in [1.807, 2.05) is 4.72 Å². The summed E-state index contributed by atoms with van der Waals surface area (Å²) in [6.07, 6.45) is -0.867. The van der Waals surface area contributed by atoms with Crippen molar-refractivity contribution in [3.63, 3.8) is 0 Å². The van der Waals surface area contributed by atoms with E-state index < -0.39 is 34.4 Å². The van der Waals surface area contributed by atoms with Crippen molar-refractivity contribution in [3.8, 4) is 0 Å². The fourth-order valence-electron chi connectivity index (χ4n) is 1.47. The van der Waals surface area contributed by atoms with Gasteiger partial charge in [-0.2, -0.15) is 4.72 Å². The van der Waals surface area contributed by atoms with Crippen LogP contribution in [0.15, 0.2) is 23.1 Å². The van der Waals surface area contributed by atoms with Gasteiger partial charge in [-0.1, -0.05) is 17.7 Å². The van der Waals surface area contributed by atoms with E-state index in [4.69, 9.17) is 21.8 Å². The lowest BCUT2D eigenvalue weighted by molar-refractivity contribution is -0.145. The predicted octanol–water partition coefficient (Wildman–Crippen LogP) is 0.855. The summed E-state index contributed by atoms with van der Waals surface area (Å²) in [5, 5.41) is 17.6. The van der Waals surface area contributed by atoms with E-state index in [1.54, 1.807) is 0 Å². The van der Waals surface area contributed by atoms with Gasteiger partial charge >= 0.3 is 11.9 Å². The molecule has 0 saturated heterocycles. The van der Waals surface area contributed by atoms with Crippen LogP contribution in [0.5, 0.6) is 0 Å². The third-order valence-corrected chi connectivity index (χ3v) is 4.26. The monoisotopic (exact) mass is 321 g/mol. The highest BCUT2D eigenvalue weighted by Gasteiger charge is 2.28. The Morgan fingerprint density at radius 3 is 2.45 bits per heavy atom. The molecular weight excluding hydrogens is 310 g/mol. The highest BCUT2D eigenvalue weighted by atomic mass is 35.5. The molecule has 0 aliphatic heterocycles. The van der Waals surface area contributed by atoms with Crippen LogP contribution in [0, 0.1) is 6.92 Å². The summed E-state index contributed by atoms with van der Waals surface area (Å²) in [5.41, 5.74) is 0.362. The second-order valence-corrected chi connectivity index (χ2v) is 6.14. The van der Waals surface area contributed by atoms with Gasteiger partial charge in [-0.3, -0.25) is 9.59 Å². The van der Waals surface area contributed by atoms with E-state index >= 15 is 0 Å². The number of aliphatic carboxylic acids is 2. The summed E-state index contributed by atoms with van der Waals surface area (Å²) in [5.74, 6) is -3.00. The topological polar surface area (TPSA) is 121 Å². The highest BCUT2D eigenvalue weighted by molar-refractivity contribution is 7.89. The van der Waals surface area contributed by atoms with Crippen LogP contribution in [-0.4, -0.2) is 36.6 Å². The van der Waals surface area contributed by atoms with Gasteiger partial charge in [0, 0.05) is 5.02 Å². The van der Waals surface area contributed by atoms with Crippen LogP contribution < -0.4 is 4.72 Å². The number of sulfonamides is 1. The molecule has 110 valence electrons. The number of carbonyl (C=O) groups is 2. The quantitative estimate of drug-likeness (QED) is 0.714. The second kappa shape index (κ2) is 6.21. The Bertz CT molecular complexity index is 642. The maximum atomic E-state index is 12.1. The molecule has 7 nitrogen and oxygen atoms in total. The van der Waals surface area contributed by atoms with E-state index in [0.29, 0.717) is 5.56 Å². The molecule has 1 atom stereocenters. The summed E-state index contributed by atoms with van der Waals surface area (Å²) in [6.45, 7) is 1.51. The van der Waals surface area contributed by atoms with E-state index in [0.717, 1.165) is 0 Å². The van der Waals surface area contributed by atoms with Gasteiger partial charge in [0.15, 0.2) is 0 Å². The fourth-order valence-corrected chi connectivity index (χ4v) is 3.16. The first-order valence-corrected chi connectivity index (χ1v) is 7.22. The molecular formula is C11H12ClNO6S. The third kappa shape index (κ3) is 4.19. The van der Waals surface area contributed by atoms with Crippen molar-refractivity contribution in [3.05, 3.63) is 28.8 Å². The zero-order chi connectivity index (χ0) is 15.5. The number of carboxylic acids is 2. The maximum absolute atomic E-state index is 12.1. The van der Waals surface area contributed by atoms with E-state index in [9.17, 15) is 18.0 Å². The largest absolute Gasteiger partial charge is 0.481 e. The van der Waals surface area contributed by atoms with Crippen molar-refractivity contribution in [2.45, 2.75) is 24.3 Å². The van der Waals surface area contributed by atoms with Crippen LogP contribution >= 0.6 is 11.6 Å². The maximum Gasteiger partial charge on any atom is 0.322 e. The molecule has 1 aromatic carbocycles. The molecule has 0 aromatic heterocycles. The summed E-state index contributed by atoms with van der Waals surface area (Å²) in [4.78, 5) is 21.2. The van der Waals surface area contributed by atoms with E-state index in [1.165, 1.54) is 25.1 Å². The predicted molar refractivity (Wildman–Crippen MR) is 70.2 cm³/mol. The molecule has 0 aliphatic rings. The van der Waals surface area contributed by atoms with Gasteiger partial charge in [0.25, 0.3) is 0 Å².